The fraction of sp³-hybridized carbons (Fsp3) is 0.667. The van der Waals surface area contributed by atoms with Crippen molar-refractivity contribution in [2.75, 3.05) is 6.54 Å². The summed E-state index contributed by atoms with van der Waals surface area (Å²) >= 11 is 1.12. The zero-order chi connectivity index (χ0) is 13.2. The van der Waals surface area contributed by atoms with Crippen LogP contribution >= 0.6 is 11.3 Å². The zero-order valence-electron chi connectivity index (χ0n) is 10.5. The Kier molecular flexibility index (Phi) is 4.11. The lowest BCUT2D eigenvalue weighted by Crippen LogP contribution is -2.33. The van der Waals surface area contributed by atoms with E-state index in [4.69, 9.17) is 5.11 Å². The van der Waals surface area contributed by atoms with E-state index >= 15 is 0 Å². The molecule has 0 spiro atoms. The number of rotatable bonds is 5. The van der Waals surface area contributed by atoms with Gasteiger partial charge in [-0.15, -0.1) is 11.3 Å². The van der Waals surface area contributed by atoms with E-state index in [0.29, 0.717) is 11.4 Å². The van der Waals surface area contributed by atoms with Gasteiger partial charge in [0.2, 0.25) is 10.0 Å². The molecule has 102 valence electrons. The topological polar surface area (TPSA) is 66.4 Å². The third-order valence-electron chi connectivity index (χ3n) is 3.56. The maximum Gasteiger partial charge on any atom is 0.250 e. The lowest BCUT2D eigenvalue weighted by atomic mass is 9.89. The average Bonchev–Trinajstić information content (AvgIpc) is 2.96. The summed E-state index contributed by atoms with van der Waals surface area (Å²) < 4.78 is 27.1. The Morgan fingerprint density at radius 1 is 1.39 bits per heavy atom. The molecule has 4 nitrogen and oxygen atoms in total. The summed E-state index contributed by atoms with van der Waals surface area (Å²) in [5, 5.41) is 8.96. The van der Waals surface area contributed by atoms with Crippen LogP contribution in [0.5, 0.6) is 0 Å². The molecule has 1 fully saturated rings. The molecule has 2 N–H and O–H groups in total. The van der Waals surface area contributed by atoms with Crippen molar-refractivity contribution in [3.05, 3.63) is 17.0 Å². The average molecular weight is 289 g/mol. The quantitative estimate of drug-likeness (QED) is 0.872. The Hall–Kier alpha value is -0.430. The minimum Gasteiger partial charge on any atom is -0.391 e. The molecule has 18 heavy (non-hydrogen) atoms. The third-order valence-corrected chi connectivity index (χ3v) is 6.52. The molecule has 0 saturated heterocycles. The second-order valence-electron chi connectivity index (χ2n) is 5.22. The first kappa shape index (κ1) is 14.0. The van der Waals surface area contributed by atoms with Gasteiger partial charge in [-0.2, -0.15) is 0 Å². The van der Waals surface area contributed by atoms with E-state index in [1.54, 1.807) is 12.1 Å². The summed E-state index contributed by atoms with van der Waals surface area (Å²) in [5.74, 6) is 0. The van der Waals surface area contributed by atoms with Crippen molar-refractivity contribution < 1.29 is 13.5 Å². The van der Waals surface area contributed by atoms with Gasteiger partial charge in [0.05, 0.1) is 6.61 Å². The van der Waals surface area contributed by atoms with Crippen LogP contribution in [0.4, 0.5) is 0 Å². The Balaban J connectivity index is 2.03. The maximum atomic E-state index is 12.1. The summed E-state index contributed by atoms with van der Waals surface area (Å²) in [6.07, 6.45) is 4.54. The monoisotopic (exact) mass is 289 g/mol. The molecule has 1 aliphatic carbocycles. The smallest absolute Gasteiger partial charge is 0.250 e. The largest absolute Gasteiger partial charge is 0.391 e. The van der Waals surface area contributed by atoms with Gasteiger partial charge in [-0.05, 0) is 30.4 Å². The molecule has 6 heteroatoms. The Bertz CT molecular complexity index is 501. The summed E-state index contributed by atoms with van der Waals surface area (Å²) in [6, 6.07) is 3.20. The van der Waals surface area contributed by atoms with E-state index in [-0.39, 0.29) is 16.2 Å². The van der Waals surface area contributed by atoms with Crippen LogP contribution in [0.25, 0.3) is 0 Å². The van der Waals surface area contributed by atoms with E-state index in [9.17, 15) is 8.42 Å². The van der Waals surface area contributed by atoms with Crippen LogP contribution < -0.4 is 4.72 Å². The molecule has 0 bridgehead atoms. The molecule has 0 aromatic carbocycles. The fourth-order valence-corrected chi connectivity index (χ4v) is 4.79. The van der Waals surface area contributed by atoms with Crippen LogP contribution in [0.1, 0.15) is 37.5 Å². The Morgan fingerprint density at radius 2 is 2.06 bits per heavy atom. The second-order valence-corrected chi connectivity index (χ2v) is 8.38. The molecule has 2 rings (SSSR count). The molecule has 1 aromatic heterocycles. The van der Waals surface area contributed by atoms with E-state index in [2.05, 4.69) is 11.6 Å². The van der Waals surface area contributed by atoms with Crippen molar-refractivity contribution in [3.63, 3.8) is 0 Å². The summed E-state index contributed by atoms with van der Waals surface area (Å²) in [4.78, 5) is 0.669. The van der Waals surface area contributed by atoms with Crippen LogP contribution in [-0.4, -0.2) is 20.1 Å². The summed E-state index contributed by atoms with van der Waals surface area (Å²) in [6.45, 7) is 2.52. The van der Waals surface area contributed by atoms with Crippen LogP contribution in [0.15, 0.2) is 16.3 Å². The highest BCUT2D eigenvalue weighted by atomic mass is 32.2. The van der Waals surface area contributed by atoms with Gasteiger partial charge in [-0.25, -0.2) is 13.1 Å². The van der Waals surface area contributed by atoms with Crippen molar-refractivity contribution in [3.8, 4) is 0 Å². The SMILES string of the molecule is CC1(CNS(=O)(=O)c2ccc(CO)s2)CCCC1. The van der Waals surface area contributed by atoms with Crippen molar-refractivity contribution in [2.24, 2.45) is 5.41 Å². The van der Waals surface area contributed by atoms with E-state index in [1.165, 1.54) is 12.8 Å². The van der Waals surface area contributed by atoms with Gasteiger partial charge in [0, 0.05) is 11.4 Å². The van der Waals surface area contributed by atoms with Crippen molar-refractivity contribution in [1.29, 1.82) is 0 Å². The highest BCUT2D eigenvalue weighted by Gasteiger charge is 2.30. The van der Waals surface area contributed by atoms with Gasteiger partial charge in [-0.3, -0.25) is 0 Å². The minimum absolute atomic E-state index is 0.101. The molecular weight excluding hydrogens is 270 g/mol. The molecule has 1 heterocycles. The minimum atomic E-state index is -3.42. The first-order valence-corrected chi connectivity index (χ1v) is 8.44. The number of sulfonamides is 1. The predicted molar refractivity (Wildman–Crippen MR) is 72.0 cm³/mol. The van der Waals surface area contributed by atoms with Gasteiger partial charge in [0.25, 0.3) is 0 Å². The number of thiophene rings is 1. The van der Waals surface area contributed by atoms with Gasteiger partial charge < -0.3 is 5.11 Å². The first-order chi connectivity index (χ1) is 8.45. The van der Waals surface area contributed by atoms with Crippen LogP contribution in [-0.2, 0) is 16.6 Å². The highest BCUT2D eigenvalue weighted by Crippen LogP contribution is 2.37. The maximum absolute atomic E-state index is 12.1. The molecule has 1 saturated carbocycles. The molecule has 1 aromatic rings. The predicted octanol–water partition coefficient (Wildman–Crippen LogP) is 2.10. The Labute approximate surface area is 112 Å². The molecule has 0 unspecified atom stereocenters. The van der Waals surface area contributed by atoms with Crippen molar-refractivity contribution in [1.82, 2.24) is 4.72 Å². The van der Waals surface area contributed by atoms with E-state index in [0.717, 1.165) is 24.2 Å². The van der Waals surface area contributed by atoms with Crippen molar-refractivity contribution >= 4 is 21.4 Å². The lowest BCUT2D eigenvalue weighted by Gasteiger charge is -2.23. The standard InChI is InChI=1S/C12H19NO3S2/c1-12(6-2-3-7-12)9-13-18(15,16)11-5-4-10(8-14)17-11/h4-5,13-14H,2-3,6-9H2,1H3. The van der Waals surface area contributed by atoms with Crippen LogP contribution in [0.3, 0.4) is 0 Å². The number of hydrogen-bond donors (Lipinski definition) is 2. The molecule has 0 aliphatic heterocycles. The summed E-state index contributed by atoms with van der Waals surface area (Å²) in [5.41, 5.74) is 0.101. The van der Waals surface area contributed by atoms with Gasteiger partial charge in [0.15, 0.2) is 0 Å². The number of hydrogen-bond acceptors (Lipinski definition) is 4. The Morgan fingerprint density at radius 3 is 2.61 bits per heavy atom. The number of aliphatic hydroxyl groups is 1. The van der Waals surface area contributed by atoms with Gasteiger partial charge in [0.1, 0.15) is 4.21 Å². The second kappa shape index (κ2) is 5.28. The summed E-state index contributed by atoms with van der Waals surface area (Å²) in [7, 11) is -3.42. The highest BCUT2D eigenvalue weighted by molar-refractivity contribution is 7.91. The molecule has 0 amide bonds. The molecule has 1 aliphatic rings. The molecular formula is C12H19NO3S2. The molecule has 0 atom stereocenters. The van der Waals surface area contributed by atoms with Gasteiger partial charge >= 0.3 is 0 Å². The van der Waals surface area contributed by atoms with E-state index < -0.39 is 10.0 Å². The lowest BCUT2D eigenvalue weighted by molar-refractivity contribution is 0.285. The third kappa shape index (κ3) is 3.12. The normalized spacial score (nSPS) is 19.2. The number of aliphatic hydroxyl groups excluding tert-OH is 1. The zero-order valence-corrected chi connectivity index (χ0v) is 12.1. The molecule has 0 radical (unpaired) electrons. The van der Waals surface area contributed by atoms with Crippen LogP contribution in [0.2, 0.25) is 0 Å². The van der Waals surface area contributed by atoms with Crippen LogP contribution in [0, 0.1) is 5.41 Å². The fourth-order valence-electron chi connectivity index (χ4n) is 2.33. The van der Waals surface area contributed by atoms with Gasteiger partial charge in [-0.1, -0.05) is 19.8 Å². The van der Waals surface area contributed by atoms with Crippen molar-refractivity contribution in [2.45, 2.75) is 43.4 Å². The first-order valence-electron chi connectivity index (χ1n) is 6.14. The number of nitrogens with one attached hydrogen (secondary N) is 1. The van der Waals surface area contributed by atoms with E-state index in [1.807, 2.05) is 0 Å².